The number of alkyl halides is 3. The molecule has 0 unspecified atom stereocenters. The van der Waals surface area contributed by atoms with Crippen molar-refractivity contribution in [1.82, 2.24) is 10.3 Å². The van der Waals surface area contributed by atoms with Crippen molar-refractivity contribution in [2.45, 2.75) is 32.5 Å². The second kappa shape index (κ2) is 11.5. The molecular weight excluding hydrogens is 475 g/mol. The predicted molar refractivity (Wildman–Crippen MR) is 129 cm³/mol. The number of H-pyrrole nitrogens is 1. The summed E-state index contributed by atoms with van der Waals surface area (Å²) in [5.41, 5.74) is 2.09. The highest BCUT2D eigenvalue weighted by molar-refractivity contribution is 6.09. The Morgan fingerprint density at radius 3 is 2.64 bits per heavy atom. The number of rotatable bonds is 9. The Hall–Kier alpha value is -3.53. The third-order valence-electron chi connectivity index (χ3n) is 6.06. The van der Waals surface area contributed by atoms with Gasteiger partial charge in [0.05, 0.1) is 11.3 Å². The lowest BCUT2D eigenvalue weighted by atomic mass is 10.0. The quantitative estimate of drug-likeness (QED) is 0.316. The standard InChI is InChI=1S/C26H28F3N3O4/c1-17(32-36-15-19-2-4-20(5-3-19)26(27,28)29)23-14-30-24-7-6-21(12-22(23)24)35-16-25(33)31-13-18-8-10-34-11-9-18/h2-7,12,14,18,30H,8-11,13,15-16H2,1H3,(H,31,33)/b32-17+. The molecule has 10 heteroatoms. The molecule has 3 aromatic rings. The van der Waals surface area contributed by atoms with E-state index < -0.39 is 11.7 Å². The Kier molecular flexibility index (Phi) is 8.14. The largest absolute Gasteiger partial charge is 0.484 e. The molecule has 2 aromatic carbocycles. The Bertz CT molecular complexity index is 1200. The van der Waals surface area contributed by atoms with E-state index in [9.17, 15) is 18.0 Å². The average molecular weight is 504 g/mol. The average Bonchev–Trinajstić information content (AvgIpc) is 3.30. The summed E-state index contributed by atoms with van der Waals surface area (Å²) < 4.78 is 49.1. The zero-order valence-electron chi connectivity index (χ0n) is 19.9. The van der Waals surface area contributed by atoms with Gasteiger partial charge in [-0.15, -0.1) is 0 Å². The third-order valence-corrected chi connectivity index (χ3v) is 6.06. The molecule has 1 fully saturated rings. The van der Waals surface area contributed by atoms with Gasteiger partial charge < -0.3 is 24.6 Å². The zero-order chi connectivity index (χ0) is 25.5. The number of hydrogen-bond donors (Lipinski definition) is 2. The molecule has 4 rings (SSSR count). The van der Waals surface area contributed by atoms with Crippen LogP contribution < -0.4 is 10.1 Å². The summed E-state index contributed by atoms with van der Waals surface area (Å²) in [5.74, 6) is 0.804. The van der Waals surface area contributed by atoms with Crippen molar-refractivity contribution < 1.29 is 32.3 Å². The van der Waals surface area contributed by atoms with Gasteiger partial charge in [0.2, 0.25) is 0 Å². The van der Waals surface area contributed by atoms with Crippen LogP contribution in [-0.2, 0) is 27.2 Å². The molecule has 2 heterocycles. The van der Waals surface area contributed by atoms with Crippen molar-refractivity contribution in [3.63, 3.8) is 0 Å². The summed E-state index contributed by atoms with van der Waals surface area (Å²) >= 11 is 0. The number of halogens is 3. The number of benzene rings is 2. The Balaban J connectivity index is 1.32. The van der Waals surface area contributed by atoms with Crippen LogP contribution in [0.4, 0.5) is 13.2 Å². The number of ether oxygens (including phenoxy) is 2. The SMILES string of the molecule is C/C(=N\OCc1ccc(C(F)(F)F)cc1)c1c[nH]c2ccc(OCC(=O)NCC3CCOCC3)cc12. The van der Waals surface area contributed by atoms with Crippen LogP contribution in [0, 0.1) is 5.92 Å². The monoisotopic (exact) mass is 503 g/mol. The normalized spacial score (nSPS) is 15.2. The number of amides is 1. The summed E-state index contributed by atoms with van der Waals surface area (Å²) in [4.78, 5) is 20.7. The van der Waals surface area contributed by atoms with Gasteiger partial charge in [0.25, 0.3) is 5.91 Å². The maximum atomic E-state index is 12.7. The number of carbonyl (C=O) groups is 1. The molecule has 36 heavy (non-hydrogen) atoms. The fourth-order valence-electron chi connectivity index (χ4n) is 3.94. The Labute approximate surface area is 206 Å². The molecule has 0 bridgehead atoms. The van der Waals surface area contributed by atoms with E-state index in [1.807, 2.05) is 12.1 Å². The van der Waals surface area contributed by atoms with Crippen molar-refractivity contribution in [2.24, 2.45) is 11.1 Å². The molecule has 1 saturated heterocycles. The van der Waals surface area contributed by atoms with Crippen molar-refractivity contribution >= 4 is 22.5 Å². The van der Waals surface area contributed by atoms with Gasteiger partial charge in [0.1, 0.15) is 12.4 Å². The van der Waals surface area contributed by atoms with E-state index in [0.29, 0.717) is 29.5 Å². The molecule has 0 radical (unpaired) electrons. The van der Waals surface area contributed by atoms with E-state index in [4.69, 9.17) is 14.3 Å². The van der Waals surface area contributed by atoms with E-state index in [1.54, 1.807) is 19.2 Å². The first-order valence-electron chi connectivity index (χ1n) is 11.7. The minimum absolute atomic E-state index is 0.0369. The highest BCUT2D eigenvalue weighted by Crippen LogP contribution is 2.29. The second-order valence-electron chi connectivity index (χ2n) is 8.70. The fraction of sp³-hybridized carbons (Fsp3) is 0.385. The highest BCUT2D eigenvalue weighted by Gasteiger charge is 2.29. The maximum Gasteiger partial charge on any atom is 0.416 e. The number of fused-ring (bicyclic) bond motifs is 1. The first-order chi connectivity index (χ1) is 17.3. The molecular formula is C26H28F3N3O4. The molecule has 2 N–H and O–H groups in total. The Morgan fingerprint density at radius 2 is 1.92 bits per heavy atom. The molecule has 0 atom stereocenters. The minimum atomic E-state index is -4.37. The molecule has 0 spiro atoms. The molecule has 0 aliphatic carbocycles. The molecule has 1 amide bonds. The number of nitrogens with zero attached hydrogens (tertiary/aromatic N) is 1. The zero-order valence-corrected chi connectivity index (χ0v) is 19.9. The van der Waals surface area contributed by atoms with Crippen LogP contribution in [0.25, 0.3) is 10.9 Å². The third kappa shape index (κ3) is 6.78. The van der Waals surface area contributed by atoms with Gasteiger partial charge in [0, 0.05) is 42.4 Å². The molecule has 1 aliphatic rings. The van der Waals surface area contributed by atoms with E-state index in [2.05, 4.69) is 15.5 Å². The van der Waals surface area contributed by atoms with E-state index >= 15 is 0 Å². The van der Waals surface area contributed by atoms with E-state index in [-0.39, 0.29) is 19.1 Å². The second-order valence-corrected chi connectivity index (χ2v) is 8.70. The topological polar surface area (TPSA) is 84.9 Å². The van der Waals surface area contributed by atoms with Gasteiger partial charge in [-0.05, 0) is 61.6 Å². The lowest BCUT2D eigenvalue weighted by molar-refractivity contribution is -0.137. The number of aromatic nitrogens is 1. The van der Waals surface area contributed by atoms with Crippen LogP contribution in [0.1, 0.15) is 36.5 Å². The van der Waals surface area contributed by atoms with Gasteiger partial charge in [-0.1, -0.05) is 17.3 Å². The number of nitrogens with one attached hydrogen (secondary N) is 2. The summed E-state index contributed by atoms with van der Waals surface area (Å²) in [5, 5.41) is 7.87. The van der Waals surface area contributed by atoms with E-state index in [1.165, 1.54) is 12.1 Å². The highest BCUT2D eigenvalue weighted by atomic mass is 19.4. The van der Waals surface area contributed by atoms with Crippen LogP contribution in [-0.4, -0.2) is 43.0 Å². The maximum absolute atomic E-state index is 12.7. The first-order valence-corrected chi connectivity index (χ1v) is 11.7. The van der Waals surface area contributed by atoms with Gasteiger partial charge >= 0.3 is 6.18 Å². The first kappa shape index (κ1) is 25.6. The predicted octanol–water partition coefficient (Wildman–Crippen LogP) is 5.05. The van der Waals surface area contributed by atoms with Crippen LogP contribution in [0.3, 0.4) is 0 Å². The molecule has 1 aliphatic heterocycles. The summed E-state index contributed by atoms with van der Waals surface area (Å²) in [6, 6.07) is 10.2. The summed E-state index contributed by atoms with van der Waals surface area (Å²) in [6.45, 7) is 3.81. The number of aromatic amines is 1. The van der Waals surface area contributed by atoms with Crippen molar-refractivity contribution in [2.75, 3.05) is 26.4 Å². The molecule has 1 aromatic heterocycles. The van der Waals surface area contributed by atoms with Crippen molar-refractivity contribution in [1.29, 1.82) is 0 Å². The van der Waals surface area contributed by atoms with Gasteiger partial charge in [-0.3, -0.25) is 4.79 Å². The minimum Gasteiger partial charge on any atom is -0.484 e. The molecule has 7 nitrogen and oxygen atoms in total. The van der Waals surface area contributed by atoms with Crippen LogP contribution in [0.5, 0.6) is 5.75 Å². The smallest absolute Gasteiger partial charge is 0.416 e. The van der Waals surface area contributed by atoms with Crippen molar-refractivity contribution in [3.8, 4) is 5.75 Å². The lowest BCUT2D eigenvalue weighted by Crippen LogP contribution is -2.35. The van der Waals surface area contributed by atoms with Crippen LogP contribution in [0.15, 0.2) is 53.8 Å². The lowest BCUT2D eigenvalue weighted by Gasteiger charge is -2.22. The van der Waals surface area contributed by atoms with Crippen molar-refractivity contribution in [3.05, 3.63) is 65.4 Å². The molecule has 192 valence electrons. The van der Waals surface area contributed by atoms with E-state index in [0.717, 1.165) is 54.7 Å². The number of carbonyl (C=O) groups excluding carboxylic acids is 1. The van der Waals surface area contributed by atoms with Crippen LogP contribution >= 0.6 is 0 Å². The summed E-state index contributed by atoms with van der Waals surface area (Å²) in [7, 11) is 0. The number of hydrogen-bond acceptors (Lipinski definition) is 5. The van der Waals surface area contributed by atoms with Crippen LogP contribution in [0.2, 0.25) is 0 Å². The fourth-order valence-corrected chi connectivity index (χ4v) is 3.94. The molecule has 0 saturated carbocycles. The summed E-state index contributed by atoms with van der Waals surface area (Å²) in [6.07, 6.45) is -0.692. The van der Waals surface area contributed by atoms with Gasteiger partial charge in [-0.2, -0.15) is 13.2 Å². The van der Waals surface area contributed by atoms with Gasteiger partial charge in [-0.25, -0.2) is 0 Å². The number of oxime groups is 1. The Morgan fingerprint density at radius 1 is 1.17 bits per heavy atom. The van der Waals surface area contributed by atoms with Gasteiger partial charge in [0.15, 0.2) is 6.61 Å².